The normalized spacial score (nSPS) is 14.6. The average Bonchev–Trinajstić information content (AvgIpc) is 3.40. The van der Waals surface area contributed by atoms with Crippen molar-refractivity contribution in [3.63, 3.8) is 0 Å². The fourth-order valence-electron chi connectivity index (χ4n) is 4.96. The number of carbonyl (C=O) groups excluding carboxylic acids is 2. The first-order valence-electron chi connectivity index (χ1n) is 12.8. The Morgan fingerprint density at radius 1 is 0.857 bits per heavy atom. The Bertz CT molecular complexity index is 1050. The van der Waals surface area contributed by atoms with E-state index < -0.39 is 6.04 Å². The molecule has 1 aliphatic rings. The first-order chi connectivity index (χ1) is 17.0. The summed E-state index contributed by atoms with van der Waals surface area (Å²) in [5.41, 5.74) is 4.41. The second kappa shape index (κ2) is 11.8. The summed E-state index contributed by atoms with van der Waals surface area (Å²) in [6.45, 7) is 4.32. The third-order valence-corrected chi connectivity index (χ3v) is 7.13. The van der Waals surface area contributed by atoms with Crippen LogP contribution in [0.15, 0.2) is 84.9 Å². The van der Waals surface area contributed by atoms with Crippen molar-refractivity contribution in [3.05, 3.63) is 107 Å². The molecule has 4 heteroatoms. The molecule has 182 valence electrons. The SMILES string of the molecule is Cc1ccc(CN(C(=O)CC(c2ccccc2)c2ccccc2)[C@H](C)C(=O)NC2CCCC2)cc1. The van der Waals surface area contributed by atoms with Crippen molar-refractivity contribution in [2.24, 2.45) is 0 Å². The number of hydrogen-bond acceptors (Lipinski definition) is 2. The van der Waals surface area contributed by atoms with Crippen LogP contribution in [0.25, 0.3) is 0 Å². The molecule has 1 atom stereocenters. The van der Waals surface area contributed by atoms with Gasteiger partial charge >= 0.3 is 0 Å². The summed E-state index contributed by atoms with van der Waals surface area (Å²) in [5, 5.41) is 3.19. The van der Waals surface area contributed by atoms with E-state index in [0.29, 0.717) is 13.0 Å². The van der Waals surface area contributed by atoms with Crippen LogP contribution in [0.1, 0.15) is 67.2 Å². The highest BCUT2D eigenvalue weighted by molar-refractivity contribution is 5.88. The molecule has 4 rings (SSSR count). The van der Waals surface area contributed by atoms with Crippen LogP contribution in [0.4, 0.5) is 0 Å². The maximum Gasteiger partial charge on any atom is 0.242 e. The van der Waals surface area contributed by atoms with E-state index in [1.807, 2.05) is 55.5 Å². The zero-order valence-corrected chi connectivity index (χ0v) is 20.8. The molecular weight excluding hydrogens is 432 g/mol. The van der Waals surface area contributed by atoms with Crippen molar-refractivity contribution in [1.29, 1.82) is 0 Å². The smallest absolute Gasteiger partial charge is 0.242 e. The number of rotatable bonds is 9. The van der Waals surface area contributed by atoms with Crippen LogP contribution in [0.5, 0.6) is 0 Å². The second-order valence-electron chi connectivity index (χ2n) is 9.75. The summed E-state index contributed by atoms with van der Waals surface area (Å²) in [4.78, 5) is 28.9. The lowest BCUT2D eigenvalue weighted by Crippen LogP contribution is -2.49. The highest BCUT2D eigenvalue weighted by Gasteiger charge is 2.30. The molecule has 0 saturated heterocycles. The van der Waals surface area contributed by atoms with Crippen LogP contribution in [-0.4, -0.2) is 28.8 Å². The van der Waals surface area contributed by atoms with E-state index in [0.717, 1.165) is 42.4 Å². The summed E-state index contributed by atoms with van der Waals surface area (Å²) in [6.07, 6.45) is 4.66. The first-order valence-corrected chi connectivity index (χ1v) is 12.8. The highest BCUT2D eigenvalue weighted by atomic mass is 16.2. The average molecular weight is 469 g/mol. The quantitative estimate of drug-likeness (QED) is 0.419. The van der Waals surface area contributed by atoms with Gasteiger partial charge in [-0.3, -0.25) is 9.59 Å². The van der Waals surface area contributed by atoms with Gasteiger partial charge < -0.3 is 10.2 Å². The van der Waals surface area contributed by atoms with Gasteiger partial charge in [-0.25, -0.2) is 0 Å². The number of hydrogen-bond donors (Lipinski definition) is 1. The fraction of sp³-hybridized carbons (Fsp3) is 0.355. The highest BCUT2D eigenvalue weighted by Crippen LogP contribution is 2.29. The molecule has 0 aliphatic heterocycles. The Morgan fingerprint density at radius 3 is 1.94 bits per heavy atom. The van der Waals surface area contributed by atoms with E-state index in [4.69, 9.17) is 0 Å². The molecule has 0 spiro atoms. The zero-order chi connectivity index (χ0) is 24.6. The summed E-state index contributed by atoms with van der Waals surface area (Å²) >= 11 is 0. The van der Waals surface area contributed by atoms with Gasteiger partial charge in [0.05, 0.1) is 0 Å². The van der Waals surface area contributed by atoms with Crippen LogP contribution in [0, 0.1) is 6.92 Å². The van der Waals surface area contributed by atoms with Crippen LogP contribution in [-0.2, 0) is 16.1 Å². The molecule has 3 aromatic carbocycles. The Balaban J connectivity index is 1.59. The van der Waals surface area contributed by atoms with Crippen molar-refractivity contribution in [2.75, 3.05) is 0 Å². The van der Waals surface area contributed by atoms with Gasteiger partial charge in [-0.2, -0.15) is 0 Å². The molecule has 2 amide bonds. The number of nitrogens with one attached hydrogen (secondary N) is 1. The van der Waals surface area contributed by atoms with Crippen molar-refractivity contribution in [1.82, 2.24) is 10.2 Å². The molecule has 1 saturated carbocycles. The van der Waals surface area contributed by atoms with Gasteiger partial charge in [-0.05, 0) is 43.4 Å². The molecule has 0 heterocycles. The number of benzene rings is 3. The summed E-state index contributed by atoms with van der Waals surface area (Å²) in [7, 11) is 0. The molecule has 0 unspecified atom stereocenters. The van der Waals surface area contributed by atoms with E-state index in [9.17, 15) is 9.59 Å². The van der Waals surface area contributed by atoms with Gasteiger partial charge in [-0.15, -0.1) is 0 Å². The lowest BCUT2D eigenvalue weighted by molar-refractivity contribution is -0.141. The van der Waals surface area contributed by atoms with E-state index >= 15 is 0 Å². The molecule has 0 bridgehead atoms. The molecule has 3 aromatic rings. The topological polar surface area (TPSA) is 49.4 Å². The molecule has 1 fully saturated rings. The Morgan fingerprint density at radius 2 is 1.40 bits per heavy atom. The van der Waals surface area contributed by atoms with Crippen LogP contribution < -0.4 is 5.32 Å². The van der Waals surface area contributed by atoms with Crippen LogP contribution >= 0.6 is 0 Å². The van der Waals surface area contributed by atoms with E-state index in [2.05, 4.69) is 48.6 Å². The maximum atomic E-state index is 13.9. The van der Waals surface area contributed by atoms with Crippen LogP contribution in [0.3, 0.4) is 0 Å². The van der Waals surface area contributed by atoms with Crippen molar-refractivity contribution < 1.29 is 9.59 Å². The Kier molecular flexibility index (Phi) is 8.36. The first kappa shape index (κ1) is 24.7. The lowest BCUT2D eigenvalue weighted by atomic mass is 9.88. The monoisotopic (exact) mass is 468 g/mol. The molecule has 0 radical (unpaired) electrons. The van der Waals surface area contributed by atoms with Crippen molar-refractivity contribution in [2.45, 2.75) is 70.5 Å². The standard InChI is InChI=1S/C31H36N2O2/c1-23-17-19-25(20-18-23)22-33(24(2)31(35)32-28-15-9-10-16-28)30(34)21-29(26-11-5-3-6-12-26)27-13-7-4-8-14-27/h3-8,11-14,17-20,24,28-29H,9-10,15-16,21-22H2,1-2H3,(H,32,35)/t24-/m1/s1. The van der Waals surface area contributed by atoms with E-state index in [1.54, 1.807) is 4.90 Å². The summed E-state index contributed by atoms with van der Waals surface area (Å²) in [5.74, 6) is -0.152. The predicted molar refractivity (Wildman–Crippen MR) is 141 cm³/mol. The van der Waals surface area contributed by atoms with Gasteiger partial charge in [0.1, 0.15) is 6.04 Å². The van der Waals surface area contributed by atoms with Crippen LogP contribution in [0.2, 0.25) is 0 Å². The summed E-state index contributed by atoms with van der Waals surface area (Å²) in [6, 6.07) is 28.2. The van der Waals surface area contributed by atoms with Gasteiger partial charge in [0.25, 0.3) is 0 Å². The predicted octanol–water partition coefficient (Wildman–Crippen LogP) is 5.99. The third-order valence-electron chi connectivity index (χ3n) is 7.13. The van der Waals surface area contributed by atoms with Gasteiger partial charge in [0.15, 0.2) is 0 Å². The number of carbonyl (C=O) groups is 2. The minimum Gasteiger partial charge on any atom is -0.352 e. The molecule has 1 N–H and O–H groups in total. The molecule has 1 aliphatic carbocycles. The van der Waals surface area contributed by atoms with Gasteiger partial charge in [0, 0.05) is 24.9 Å². The maximum absolute atomic E-state index is 13.9. The molecule has 4 nitrogen and oxygen atoms in total. The number of nitrogens with zero attached hydrogens (tertiary/aromatic N) is 1. The second-order valence-corrected chi connectivity index (χ2v) is 9.75. The minimum atomic E-state index is -0.545. The Labute approximate surface area is 209 Å². The number of aryl methyl sites for hydroxylation is 1. The Hall–Kier alpha value is -3.40. The van der Waals surface area contributed by atoms with E-state index in [1.165, 1.54) is 5.56 Å². The van der Waals surface area contributed by atoms with E-state index in [-0.39, 0.29) is 23.8 Å². The third kappa shape index (κ3) is 6.60. The molecule has 0 aromatic heterocycles. The zero-order valence-electron chi connectivity index (χ0n) is 20.8. The molecule has 35 heavy (non-hydrogen) atoms. The van der Waals surface area contributed by atoms with Crippen molar-refractivity contribution >= 4 is 11.8 Å². The van der Waals surface area contributed by atoms with Gasteiger partial charge in [-0.1, -0.05) is 103 Å². The van der Waals surface area contributed by atoms with Crippen molar-refractivity contribution in [3.8, 4) is 0 Å². The van der Waals surface area contributed by atoms with Gasteiger partial charge in [0.2, 0.25) is 11.8 Å². The summed E-state index contributed by atoms with van der Waals surface area (Å²) < 4.78 is 0. The molecular formula is C31H36N2O2. The number of amides is 2. The lowest BCUT2D eigenvalue weighted by Gasteiger charge is -2.31. The largest absolute Gasteiger partial charge is 0.352 e. The fourth-order valence-corrected chi connectivity index (χ4v) is 4.96. The minimum absolute atomic E-state index is 0.0163.